The van der Waals surface area contributed by atoms with Gasteiger partial charge in [-0.3, -0.25) is 0 Å². The van der Waals surface area contributed by atoms with Crippen LogP contribution in [0.3, 0.4) is 0 Å². The summed E-state index contributed by atoms with van der Waals surface area (Å²) in [6, 6.07) is 0. The van der Waals surface area contributed by atoms with E-state index in [1.165, 1.54) is 11.1 Å². The summed E-state index contributed by atoms with van der Waals surface area (Å²) in [5, 5.41) is 0. The molecular formula is C13H25NSi. The third-order valence-electron chi connectivity index (χ3n) is 2.85. The van der Waals surface area contributed by atoms with E-state index in [0.717, 1.165) is 0 Å². The van der Waals surface area contributed by atoms with E-state index in [2.05, 4.69) is 64.8 Å². The van der Waals surface area contributed by atoms with Crippen molar-refractivity contribution in [3.8, 4) is 0 Å². The Morgan fingerprint density at radius 2 is 1.73 bits per heavy atom. The Labute approximate surface area is 95.7 Å². The molecule has 2 heteroatoms. The van der Waals surface area contributed by atoms with E-state index in [-0.39, 0.29) is 5.54 Å². The van der Waals surface area contributed by atoms with Crippen LogP contribution in [0.15, 0.2) is 23.3 Å². The van der Waals surface area contributed by atoms with Gasteiger partial charge >= 0.3 is 0 Å². The molecule has 0 fully saturated rings. The van der Waals surface area contributed by atoms with E-state index in [1.54, 1.807) is 0 Å². The summed E-state index contributed by atoms with van der Waals surface area (Å²) in [7, 11) is -1.41. The second kappa shape index (κ2) is 3.91. The van der Waals surface area contributed by atoms with Gasteiger partial charge in [-0.15, -0.1) is 0 Å². The molecule has 1 unspecified atom stereocenters. The average molecular weight is 223 g/mol. The molecule has 1 aliphatic carbocycles. The summed E-state index contributed by atoms with van der Waals surface area (Å²) in [6.07, 6.45) is 4.75. The smallest absolute Gasteiger partial charge is 0.130 e. The van der Waals surface area contributed by atoms with E-state index in [9.17, 15) is 0 Å². The van der Waals surface area contributed by atoms with Crippen molar-refractivity contribution in [2.24, 2.45) is 0 Å². The number of nitrogens with one attached hydrogen (secondary N) is 1. The molecular weight excluding hydrogens is 198 g/mol. The van der Waals surface area contributed by atoms with Gasteiger partial charge in [-0.25, -0.2) is 0 Å². The predicted molar refractivity (Wildman–Crippen MR) is 71.6 cm³/mol. The van der Waals surface area contributed by atoms with Crippen molar-refractivity contribution in [3.63, 3.8) is 0 Å². The van der Waals surface area contributed by atoms with Crippen LogP contribution in [0, 0.1) is 0 Å². The Balaban J connectivity index is 2.84. The quantitative estimate of drug-likeness (QED) is 0.701. The summed E-state index contributed by atoms with van der Waals surface area (Å²) in [4.78, 5) is 3.84. The number of hydrogen-bond acceptors (Lipinski definition) is 1. The van der Waals surface area contributed by atoms with Gasteiger partial charge in [0.15, 0.2) is 0 Å². The topological polar surface area (TPSA) is 12.0 Å². The Morgan fingerprint density at radius 1 is 1.20 bits per heavy atom. The first-order valence-corrected chi connectivity index (χ1v) is 8.85. The lowest BCUT2D eigenvalue weighted by Gasteiger charge is -2.37. The maximum absolute atomic E-state index is 3.84. The van der Waals surface area contributed by atoms with Gasteiger partial charge in [-0.05, 0) is 34.6 Å². The normalized spacial score (nSPS) is 22.7. The average Bonchev–Trinajstić information content (AvgIpc) is 2.24. The summed E-state index contributed by atoms with van der Waals surface area (Å²) < 4.78 is 0. The minimum atomic E-state index is -1.41. The van der Waals surface area contributed by atoms with Crippen LogP contribution in [0.5, 0.6) is 0 Å². The van der Waals surface area contributed by atoms with E-state index in [4.69, 9.17) is 0 Å². The monoisotopic (exact) mass is 223 g/mol. The zero-order valence-electron chi connectivity index (χ0n) is 11.2. The molecule has 1 aliphatic rings. The lowest BCUT2D eigenvalue weighted by Crippen LogP contribution is -2.56. The van der Waals surface area contributed by atoms with E-state index < -0.39 is 8.24 Å². The van der Waals surface area contributed by atoms with Gasteiger partial charge in [0, 0.05) is 11.1 Å². The first kappa shape index (κ1) is 12.7. The van der Waals surface area contributed by atoms with E-state index in [1.807, 2.05) is 0 Å². The van der Waals surface area contributed by atoms with Gasteiger partial charge < -0.3 is 4.98 Å². The van der Waals surface area contributed by atoms with Gasteiger partial charge in [-0.1, -0.05) is 36.4 Å². The lowest BCUT2D eigenvalue weighted by molar-refractivity contribution is 0.509. The van der Waals surface area contributed by atoms with Gasteiger partial charge in [0.1, 0.15) is 8.24 Å². The van der Waals surface area contributed by atoms with Gasteiger partial charge in [0.2, 0.25) is 0 Å². The largest absolute Gasteiger partial charge is 0.332 e. The summed E-state index contributed by atoms with van der Waals surface area (Å²) in [5.41, 5.74) is 3.84. The minimum Gasteiger partial charge on any atom is -0.332 e. The highest BCUT2D eigenvalue weighted by Crippen LogP contribution is 2.36. The fourth-order valence-corrected chi connectivity index (χ4v) is 6.70. The van der Waals surface area contributed by atoms with E-state index >= 15 is 0 Å². The fourth-order valence-electron chi connectivity index (χ4n) is 2.71. The Morgan fingerprint density at radius 3 is 2.07 bits per heavy atom. The highest BCUT2D eigenvalue weighted by Gasteiger charge is 2.36. The zero-order chi connectivity index (χ0) is 11.9. The first-order chi connectivity index (χ1) is 6.62. The molecule has 1 N–H and O–H groups in total. The van der Waals surface area contributed by atoms with E-state index in [0.29, 0.717) is 5.54 Å². The number of allylic oxidation sites excluding steroid dienone is 4. The van der Waals surface area contributed by atoms with Crippen LogP contribution >= 0.6 is 0 Å². The second-order valence-corrected chi connectivity index (χ2v) is 10.7. The van der Waals surface area contributed by atoms with Gasteiger partial charge in [0.25, 0.3) is 0 Å². The molecule has 0 aromatic carbocycles. The molecule has 0 aromatic heterocycles. The molecule has 0 spiro atoms. The highest BCUT2D eigenvalue weighted by molar-refractivity contribution is 6.77. The minimum absolute atomic E-state index is 0.223. The molecule has 0 saturated heterocycles. The van der Waals surface area contributed by atoms with Gasteiger partial charge in [-0.2, -0.15) is 0 Å². The molecule has 0 heterocycles. The summed E-state index contributed by atoms with van der Waals surface area (Å²) in [6.45, 7) is 16.1. The Kier molecular flexibility index (Phi) is 3.32. The summed E-state index contributed by atoms with van der Waals surface area (Å²) in [5.74, 6) is 0. The first-order valence-electron chi connectivity index (χ1n) is 5.78. The van der Waals surface area contributed by atoms with Crippen LogP contribution in [-0.4, -0.2) is 13.8 Å². The third-order valence-corrected chi connectivity index (χ3v) is 6.42. The number of rotatable bonds is 2. The molecule has 0 aliphatic heterocycles. The molecule has 1 atom stereocenters. The van der Waals surface area contributed by atoms with Crippen LogP contribution in [-0.2, 0) is 0 Å². The van der Waals surface area contributed by atoms with Crippen LogP contribution < -0.4 is 4.98 Å². The zero-order valence-corrected chi connectivity index (χ0v) is 12.2. The van der Waals surface area contributed by atoms with Crippen LogP contribution in [0.2, 0.25) is 18.6 Å². The van der Waals surface area contributed by atoms with Crippen molar-refractivity contribution < 1.29 is 0 Å². The molecule has 0 saturated carbocycles. The Bertz CT molecular complexity index is 305. The van der Waals surface area contributed by atoms with Crippen LogP contribution in [0.1, 0.15) is 34.6 Å². The molecule has 0 aromatic rings. The van der Waals surface area contributed by atoms with Crippen molar-refractivity contribution in [3.05, 3.63) is 23.3 Å². The lowest BCUT2D eigenvalue weighted by atomic mass is 10.1. The standard InChI is InChI=1S/C13H25NSi/c1-10-8-11(2)12(9-10)15(6,7)14-13(3,4)5/h8-9,12,14H,1-7H3. The molecule has 0 amide bonds. The van der Waals surface area contributed by atoms with Crippen molar-refractivity contribution in [1.29, 1.82) is 0 Å². The van der Waals surface area contributed by atoms with Crippen molar-refractivity contribution in [2.45, 2.75) is 58.8 Å². The predicted octanol–water partition coefficient (Wildman–Crippen LogP) is 3.86. The molecule has 0 bridgehead atoms. The highest BCUT2D eigenvalue weighted by atomic mass is 28.3. The second-order valence-electron chi connectivity index (χ2n) is 6.37. The fraction of sp³-hybridized carbons (Fsp3) is 0.692. The third kappa shape index (κ3) is 3.32. The maximum atomic E-state index is 3.84. The molecule has 1 nitrogen and oxygen atoms in total. The van der Waals surface area contributed by atoms with Crippen molar-refractivity contribution >= 4 is 8.24 Å². The van der Waals surface area contributed by atoms with Crippen molar-refractivity contribution in [2.75, 3.05) is 0 Å². The van der Waals surface area contributed by atoms with Crippen LogP contribution in [0.25, 0.3) is 0 Å². The SMILES string of the molecule is CC1=CC([Si](C)(C)NC(C)(C)C)C(C)=C1. The van der Waals surface area contributed by atoms with Crippen LogP contribution in [0.4, 0.5) is 0 Å². The van der Waals surface area contributed by atoms with Gasteiger partial charge in [0.05, 0.1) is 0 Å². The van der Waals surface area contributed by atoms with Crippen molar-refractivity contribution in [1.82, 2.24) is 4.98 Å². The maximum Gasteiger partial charge on any atom is 0.130 e. The number of hydrogen-bond donors (Lipinski definition) is 1. The molecule has 0 radical (unpaired) electrons. The Hall–Kier alpha value is -0.343. The molecule has 1 rings (SSSR count). The molecule has 15 heavy (non-hydrogen) atoms. The summed E-state index contributed by atoms with van der Waals surface area (Å²) >= 11 is 0. The molecule has 86 valence electrons.